The number of carbonyl (C=O) groups excluding carboxylic acids is 1. The van der Waals surface area contributed by atoms with Crippen LogP contribution in [0.3, 0.4) is 0 Å². The van der Waals surface area contributed by atoms with Gasteiger partial charge in [0.1, 0.15) is 5.82 Å². The first-order chi connectivity index (χ1) is 10.1. The van der Waals surface area contributed by atoms with Crippen molar-refractivity contribution >= 4 is 21.0 Å². The van der Waals surface area contributed by atoms with Gasteiger partial charge in [0.05, 0.1) is 25.2 Å². The molecule has 0 aliphatic carbocycles. The van der Waals surface area contributed by atoms with E-state index in [0.29, 0.717) is 5.56 Å². The van der Waals surface area contributed by atoms with Crippen molar-refractivity contribution in [2.45, 2.75) is 6.54 Å². The lowest BCUT2D eigenvalue weighted by Crippen LogP contribution is -2.09. The Bertz CT molecular complexity index is 631. The van der Waals surface area contributed by atoms with Gasteiger partial charge in [-0.15, -0.1) is 14.1 Å². The van der Waals surface area contributed by atoms with Gasteiger partial charge in [-0.1, -0.05) is 12.7 Å². The molecule has 1 unspecified atom stereocenters. The topological polar surface area (TPSA) is 73.6 Å². The Morgan fingerprint density at radius 3 is 2.76 bits per heavy atom. The highest BCUT2D eigenvalue weighted by Crippen LogP contribution is 2.15. The number of hydrogen-bond donors (Lipinski definition) is 0. The van der Waals surface area contributed by atoms with Crippen LogP contribution in [0, 0.1) is 10.7 Å². The zero-order chi connectivity index (χ0) is 15.8. The van der Waals surface area contributed by atoms with E-state index < -0.39 is 11.8 Å². The van der Waals surface area contributed by atoms with Gasteiger partial charge in [-0.3, -0.25) is 0 Å². The van der Waals surface area contributed by atoms with Crippen LogP contribution in [0.25, 0.3) is 0 Å². The third-order valence-electron chi connectivity index (χ3n) is 2.54. The second-order valence-corrected chi connectivity index (χ2v) is 3.79. The lowest BCUT2D eigenvalue weighted by atomic mass is 10.1. The number of benzene rings is 1. The van der Waals surface area contributed by atoms with Crippen LogP contribution >= 0.6 is 9.24 Å². The summed E-state index contributed by atoms with van der Waals surface area (Å²) in [5.74, 6) is -1.10. The summed E-state index contributed by atoms with van der Waals surface area (Å²) in [4.78, 5) is 25.6. The van der Waals surface area contributed by atoms with E-state index >= 15 is 0 Å². The molecule has 1 atom stereocenters. The predicted molar refractivity (Wildman–Crippen MR) is 80.2 cm³/mol. The molecule has 2 rings (SSSR count). The number of hydrogen-bond acceptors (Lipinski definition) is 5. The maximum absolute atomic E-state index is 13.2. The van der Waals surface area contributed by atoms with Crippen LogP contribution in [0.1, 0.15) is 15.9 Å². The summed E-state index contributed by atoms with van der Waals surface area (Å²) >= 11 is 0. The monoisotopic (exact) mass is 311 g/mol. The van der Waals surface area contributed by atoms with Crippen molar-refractivity contribution in [2.75, 3.05) is 13.8 Å². The third-order valence-corrected chi connectivity index (χ3v) is 2.54. The SMILES string of the molecule is COC(=O)c1cc(F)ccc1Cn1cnc(N=O)c1.CP. The minimum Gasteiger partial charge on any atom is -0.465 e. The van der Waals surface area contributed by atoms with Crippen molar-refractivity contribution in [3.8, 4) is 0 Å². The average Bonchev–Trinajstić information content (AvgIpc) is 2.98. The fourth-order valence-corrected chi connectivity index (χ4v) is 1.67. The number of esters is 1. The Morgan fingerprint density at radius 2 is 2.19 bits per heavy atom. The van der Waals surface area contributed by atoms with Gasteiger partial charge in [0, 0.05) is 6.54 Å². The van der Waals surface area contributed by atoms with Crippen molar-refractivity contribution in [1.29, 1.82) is 0 Å². The summed E-state index contributed by atoms with van der Waals surface area (Å²) in [6.07, 6.45) is 2.83. The molecule has 8 heteroatoms. The molecule has 112 valence electrons. The van der Waals surface area contributed by atoms with Gasteiger partial charge < -0.3 is 9.30 Å². The standard InChI is InChI=1S/C12H10FN3O3.CH5P/c1-19-12(17)10-4-9(13)3-2-8(10)5-16-6-11(15-18)14-7-16;1-2/h2-4,6-7H,5H2,1H3;2H2,1H3. The number of methoxy groups -OCH3 is 1. The molecule has 0 amide bonds. The summed E-state index contributed by atoms with van der Waals surface area (Å²) in [6, 6.07) is 3.84. The number of nitrogens with zero attached hydrogens (tertiary/aromatic N) is 3. The quantitative estimate of drug-likeness (QED) is 0.494. The minimum absolute atomic E-state index is 0.0433. The minimum atomic E-state index is -0.622. The molecule has 0 saturated carbocycles. The molecule has 1 heterocycles. The average molecular weight is 311 g/mol. The molecule has 0 aliphatic heterocycles. The van der Waals surface area contributed by atoms with E-state index in [1.807, 2.05) is 6.66 Å². The van der Waals surface area contributed by atoms with E-state index in [1.54, 1.807) is 4.57 Å². The molecule has 0 fully saturated rings. The summed E-state index contributed by atoms with van der Waals surface area (Å²) in [5, 5.41) is 2.69. The van der Waals surface area contributed by atoms with E-state index in [-0.39, 0.29) is 17.9 Å². The largest absolute Gasteiger partial charge is 0.465 e. The second-order valence-electron chi connectivity index (χ2n) is 3.79. The van der Waals surface area contributed by atoms with Crippen molar-refractivity contribution < 1.29 is 13.9 Å². The van der Waals surface area contributed by atoms with E-state index in [2.05, 4.69) is 24.1 Å². The Kier molecular flexibility index (Phi) is 6.62. The first-order valence-electron chi connectivity index (χ1n) is 5.93. The lowest BCUT2D eigenvalue weighted by molar-refractivity contribution is 0.0599. The van der Waals surface area contributed by atoms with E-state index in [4.69, 9.17) is 0 Å². The Hall–Kier alpha value is -2.14. The molecule has 21 heavy (non-hydrogen) atoms. The molecule has 0 bridgehead atoms. The Morgan fingerprint density at radius 1 is 1.48 bits per heavy atom. The second kappa shape index (κ2) is 8.21. The van der Waals surface area contributed by atoms with Crippen LogP contribution in [0.15, 0.2) is 35.9 Å². The highest BCUT2D eigenvalue weighted by atomic mass is 31.0. The molecule has 0 aliphatic rings. The highest BCUT2D eigenvalue weighted by molar-refractivity contribution is 7.15. The van der Waals surface area contributed by atoms with Gasteiger partial charge in [0.2, 0.25) is 5.82 Å². The lowest BCUT2D eigenvalue weighted by Gasteiger charge is -2.08. The molecule has 0 spiro atoms. The summed E-state index contributed by atoms with van der Waals surface area (Å²) < 4.78 is 19.3. The molecule has 6 nitrogen and oxygen atoms in total. The maximum atomic E-state index is 13.2. The number of carbonyl (C=O) groups is 1. The fraction of sp³-hybridized carbons (Fsp3) is 0.231. The van der Waals surface area contributed by atoms with Crippen LogP contribution in [0.5, 0.6) is 0 Å². The van der Waals surface area contributed by atoms with Crippen molar-refractivity contribution in [1.82, 2.24) is 9.55 Å². The van der Waals surface area contributed by atoms with Crippen LogP contribution < -0.4 is 0 Å². The van der Waals surface area contributed by atoms with Crippen LogP contribution in [0.4, 0.5) is 10.2 Å². The summed E-state index contributed by atoms with van der Waals surface area (Å²) in [6.45, 7) is 2.17. The number of rotatable bonds is 4. The molecule has 1 aromatic carbocycles. The number of aromatic nitrogens is 2. The maximum Gasteiger partial charge on any atom is 0.338 e. The first kappa shape index (κ1) is 16.9. The highest BCUT2D eigenvalue weighted by Gasteiger charge is 2.13. The zero-order valence-corrected chi connectivity index (χ0v) is 12.8. The first-order valence-corrected chi connectivity index (χ1v) is 7.09. The van der Waals surface area contributed by atoms with Crippen LogP contribution in [-0.4, -0.2) is 29.3 Å². The molecule has 1 aromatic heterocycles. The Labute approximate surface area is 123 Å². The van der Waals surface area contributed by atoms with Gasteiger partial charge in [-0.25, -0.2) is 14.2 Å². The predicted octanol–water partition coefficient (Wildman–Crippen LogP) is 2.75. The van der Waals surface area contributed by atoms with Crippen molar-refractivity contribution in [2.24, 2.45) is 5.18 Å². The van der Waals surface area contributed by atoms with Gasteiger partial charge in [0.15, 0.2) is 0 Å². The number of imidazole rings is 1. The summed E-state index contributed by atoms with van der Waals surface area (Å²) in [5.41, 5.74) is 0.694. The van der Waals surface area contributed by atoms with E-state index in [0.717, 1.165) is 6.07 Å². The normalized spacial score (nSPS) is 9.52. The summed E-state index contributed by atoms with van der Waals surface area (Å²) in [7, 11) is 3.64. The van der Waals surface area contributed by atoms with Gasteiger partial charge >= 0.3 is 5.97 Å². The van der Waals surface area contributed by atoms with Crippen LogP contribution in [0.2, 0.25) is 0 Å². The molecular formula is C13H15FN3O3P. The molecule has 0 radical (unpaired) electrons. The molecule has 0 N–H and O–H groups in total. The van der Waals surface area contributed by atoms with Gasteiger partial charge in [-0.05, 0) is 22.9 Å². The van der Waals surface area contributed by atoms with E-state index in [9.17, 15) is 14.1 Å². The van der Waals surface area contributed by atoms with Crippen molar-refractivity contribution in [3.63, 3.8) is 0 Å². The van der Waals surface area contributed by atoms with Gasteiger partial charge in [-0.2, -0.15) is 0 Å². The van der Waals surface area contributed by atoms with E-state index in [1.165, 1.54) is 31.8 Å². The third kappa shape index (κ3) is 4.43. The number of halogens is 1. The molecular weight excluding hydrogens is 296 g/mol. The number of nitroso groups, excluding NO2 is 1. The smallest absolute Gasteiger partial charge is 0.338 e. The molecule has 2 aromatic rings. The number of ether oxygens (including phenoxy) is 1. The van der Waals surface area contributed by atoms with Gasteiger partial charge in [0.25, 0.3) is 0 Å². The van der Waals surface area contributed by atoms with Crippen LogP contribution in [-0.2, 0) is 11.3 Å². The molecule has 0 saturated heterocycles. The zero-order valence-electron chi connectivity index (χ0n) is 11.6. The fourth-order valence-electron chi connectivity index (χ4n) is 1.67. The Balaban J connectivity index is 0.00000106. The van der Waals surface area contributed by atoms with Crippen molar-refractivity contribution in [3.05, 3.63) is 52.6 Å².